The molecule has 1 unspecified atom stereocenters. The monoisotopic (exact) mass is 265 g/mol. The van der Waals surface area contributed by atoms with Gasteiger partial charge in [0.15, 0.2) is 0 Å². The molecule has 1 N–H and O–H groups in total. The lowest BCUT2D eigenvalue weighted by Crippen LogP contribution is -2.40. The van der Waals surface area contributed by atoms with Crippen molar-refractivity contribution in [3.8, 4) is 0 Å². The number of hydrogen-bond acceptors (Lipinski definition) is 3. The quantitative estimate of drug-likeness (QED) is 0.905. The average molecular weight is 265 g/mol. The summed E-state index contributed by atoms with van der Waals surface area (Å²) in [4.78, 5) is 23.1. The summed E-state index contributed by atoms with van der Waals surface area (Å²) in [6, 6.07) is -0.616. The summed E-state index contributed by atoms with van der Waals surface area (Å²) in [5.41, 5.74) is -0.349. The fourth-order valence-electron chi connectivity index (χ4n) is 1.14. The van der Waals surface area contributed by atoms with E-state index in [1.54, 1.807) is 0 Å². The van der Waals surface area contributed by atoms with E-state index in [-0.39, 0.29) is 5.56 Å². The van der Waals surface area contributed by atoms with E-state index in [4.69, 9.17) is 5.11 Å². The lowest BCUT2D eigenvalue weighted by molar-refractivity contribution is -0.153. The predicted molar refractivity (Wildman–Crippen MR) is 52.9 cm³/mol. The van der Waals surface area contributed by atoms with Gasteiger partial charge in [-0.05, 0) is 6.92 Å². The molecule has 0 aliphatic carbocycles. The van der Waals surface area contributed by atoms with Crippen molar-refractivity contribution in [2.24, 2.45) is 0 Å². The van der Waals surface area contributed by atoms with Crippen molar-refractivity contribution in [1.82, 2.24) is 4.90 Å². The molecule has 1 aromatic heterocycles. The van der Waals surface area contributed by atoms with Crippen molar-refractivity contribution >= 4 is 11.9 Å². The first kappa shape index (κ1) is 14.1. The number of amides is 1. The zero-order valence-corrected chi connectivity index (χ0v) is 9.49. The summed E-state index contributed by atoms with van der Waals surface area (Å²) in [6.07, 6.45) is -4.04. The minimum absolute atomic E-state index is 0.349. The lowest BCUT2D eigenvalue weighted by atomic mass is 10.2. The summed E-state index contributed by atoms with van der Waals surface area (Å²) < 4.78 is 40.9. The minimum Gasteiger partial charge on any atom is -0.480 e. The number of alkyl halides is 3. The second-order valence-corrected chi connectivity index (χ2v) is 3.63. The molecule has 0 aliphatic heterocycles. The number of furan rings is 1. The number of carboxylic acid groups (broad SMARTS) is 1. The molecule has 0 aliphatic rings. The number of carbonyl (C=O) groups excluding carboxylic acids is 1. The molecule has 8 heteroatoms. The summed E-state index contributed by atoms with van der Waals surface area (Å²) in [7, 11) is 1.18. The highest BCUT2D eigenvalue weighted by Gasteiger charge is 2.36. The number of rotatable bonds is 3. The smallest absolute Gasteiger partial charge is 0.449 e. The van der Waals surface area contributed by atoms with Gasteiger partial charge >= 0.3 is 12.1 Å². The van der Waals surface area contributed by atoms with E-state index < -0.39 is 29.9 Å². The third-order valence-electron chi connectivity index (χ3n) is 2.38. The Kier molecular flexibility index (Phi) is 3.68. The first-order valence-electron chi connectivity index (χ1n) is 4.80. The van der Waals surface area contributed by atoms with Crippen LogP contribution >= 0.6 is 0 Å². The van der Waals surface area contributed by atoms with Gasteiger partial charge in [-0.2, -0.15) is 13.2 Å². The molecule has 1 heterocycles. The van der Waals surface area contributed by atoms with Gasteiger partial charge in [-0.1, -0.05) is 0 Å². The molecule has 0 spiro atoms. The molecule has 1 atom stereocenters. The van der Waals surface area contributed by atoms with Crippen LogP contribution in [0.5, 0.6) is 0 Å². The fraction of sp³-hybridized carbons (Fsp3) is 0.400. The van der Waals surface area contributed by atoms with E-state index in [0.29, 0.717) is 12.3 Å². The molecule has 0 aromatic carbocycles. The van der Waals surface area contributed by atoms with E-state index in [1.165, 1.54) is 14.0 Å². The third kappa shape index (κ3) is 2.82. The molecule has 0 fully saturated rings. The van der Waals surface area contributed by atoms with Gasteiger partial charge in [-0.3, -0.25) is 4.79 Å². The van der Waals surface area contributed by atoms with Crippen LogP contribution in [0.3, 0.4) is 0 Å². The van der Waals surface area contributed by atoms with Crippen molar-refractivity contribution in [3.05, 3.63) is 23.7 Å². The molecule has 100 valence electrons. The highest BCUT2D eigenvalue weighted by molar-refractivity contribution is 5.96. The van der Waals surface area contributed by atoms with Crippen LogP contribution in [0.25, 0.3) is 0 Å². The van der Waals surface area contributed by atoms with Gasteiger partial charge in [0.2, 0.25) is 5.76 Å². The zero-order valence-electron chi connectivity index (χ0n) is 9.49. The van der Waals surface area contributed by atoms with Gasteiger partial charge in [0, 0.05) is 13.1 Å². The van der Waals surface area contributed by atoms with Crippen LogP contribution in [0.1, 0.15) is 23.0 Å². The second-order valence-electron chi connectivity index (χ2n) is 3.63. The Morgan fingerprint density at radius 3 is 2.39 bits per heavy atom. The molecule has 0 saturated heterocycles. The zero-order chi connectivity index (χ0) is 14.1. The van der Waals surface area contributed by atoms with Crippen molar-refractivity contribution in [3.63, 3.8) is 0 Å². The Hall–Kier alpha value is -1.99. The lowest BCUT2D eigenvalue weighted by Gasteiger charge is -2.20. The summed E-state index contributed by atoms with van der Waals surface area (Å²) >= 11 is 0. The van der Waals surface area contributed by atoms with Crippen molar-refractivity contribution < 1.29 is 32.3 Å². The van der Waals surface area contributed by atoms with Crippen molar-refractivity contribution in [2.75, 3.05) is 7.05 Å². The van der Waals surface area contributed by atoms with Gasteiger partial charge < -0.3 is 14.4 Å². The standard InChI is InChI=1S/C10H10F3NO4/c1-5(9(16)17)14(2)8(15)6-3-7(18-4-6)10(11,12)13/h3-5H,1-2H3,(H,16,17). The van der Waals surface area contributed by atoms with Gasteiger partial charge in [0.05, 0.1) is 5.56 Å². The summed E-state index contributed by atoms with van der Waals surface area (Å²) in [5, 5.41) is 8.69. The Morgan fingerprint density at radius 1 is 1.44 bits per heavy atom. The summed E-state index contributed by atoms with van der Waals surface area (Å²) in [5.74, 6) is -3.42. The van der Waals surface area contributed by atoms with E-state index in [9.17, 15) is 22.8 Å². The Morgan fingerprint density at radius 2 is 2.00 bits per heavy atom. The first-order chi connectivity index (χ1) is 8.14. The van der Waals surface area contributed by atoms with E-state index in [2.05, 4.69) is 4.42 Å². The van der Waals surface area contributed by atoms with E-state index >= 15 is 0 Å². The highest BCUT2D eigenvalue weighted by atomic mass is 19.4. The highest BCUT2D eigenvalue weighted by Crippen LogP contribution is 2.30. The number of hydrogen-bond donors (Lipinski definition) is 1. The Balaban J connectivity index is 2.92. The van der Waals surface area contributed by atoms with Crippen LogP contribution in [0.15, 0.2) is 16.7 Å². The maximum Gasteiger partial charge on any atom is 0.449 e. The van der Waals surface area contributed by atoms with Gasteiger partial charge in [-0.15, -0.1) is 0 Å². The van der Waals surface area contributed by atoms with Crippen LogP contribution in [-0.4, -0.2) is 35.0 Å². The predicted octanol–water partition coefficient (Wildman–Crippen LogP) is 1.84. The van der Waals surface area contributed by atoms with Crippen LogP contribution < -0.4 is 0 Å². The fourth-order valence-corrected chi connectivity index (χ4v) is 1.14. The minimum atomic E-state index is -4.69. The third-order valence-corrected chi connectivity index (χ3v) is 2.38. The number of carbonyl (C=O) groups is 2. The van der Waals surface area contributed by atoms with Crippen LogP contribution in [0.2, 0.25) is 0 Å². The molecule has 1 rings (SSSR count). The maximum atomic E-state index is 12.2. The molecular weight excluding hydrogens is 255 g/mol. The molecule has 1 amide bonds. The molecule has 0 saturated carbocycles. The molecule has 0 bridgehead atoms. The van der Waals surface area contributed by atoms with Gasteiger partial charge in [-0.25, -0.2) is 4.79 Å². The van der Waals surface area contributed by atoms with E-state index in [1.807, 2.05) is 0 Å². The Bertz CT molecular complexity index is 466. The van der Waals surface area contributed by atoms with Crippen LogP contribution in [0, 0.1) is 0 Å². The molecule has 1 aromatic rings. The van der Waals surface area contributed by atoms with Crippen molar-refractivity contribution in [1.29, 1.82) is 0 Å². The largest absolute Gasteiger partial charge is 0.480 e. The number of aliphatic carboxylic acids is 1. The normalized spacial score (nSPS) is 13.2. The average Bonchev–Trinajstić information content (AvgIpc) is 2.74. The Labute approximate surface area is 99.8 Å². The first-order valence-corrected chi connectivity index (χ1v) is 4.80. The molecule has 18 heavy (non-hydrogen) atoms. The number of likely N-dealkylation sites (N-methyl/N-ethyl adjacent to an activating group) is 1. The SMILES string of the molecule is CC(C(=O)O)N(C)C(=O)c1coc(C(F)(F)F)c1. The maximum absolute atomic E-state index is 12.2. The number of halogens is 3. The topological polar surface area (TPSA) is 70.8 Å². The summed E-state index contributed by atoms with van der Waals surface area (Å²) in [6.45, 7) is 1.24. The van der Waals surface area contributed by atoms with Crippen molar-refractivity contribution in [2.45, 2.75) is 19.1 Å². The van der Waals surface area contributed by atoms with E-state index in [0.717, 1.165) is 4.90 Å². The molecule has 5 nitrogen and oxygen atoms in total. The van der Waals surface area contributed by atoms with Gasteiger partial charge in [0.1, 0.15) is 12.3 Å². The number of nitrogens with zero attached hydrogens (tertiary/aromatic N) is 1. The van der Waals surface area contributed by atoms with Crippen LogP contribution in [0.4, 0.5) is 13.2 Å². The number of carboxylic acids is 1. The van der Waals surface area contributed by atoms with Crippen LogP contribution in [-0.2, 0) is 11.0 Å². The molecule has 0 radical (unpaired) electrons. The molecular formula is C10H10F3NO4. The van der Waals surface area contributed by atoms with Gasteiger partial charge in [0.25, 0.3) is 5.91 Å². The second kappa shape index (κ2) is 4.71.